The van der Waals surface area contributed by atoms with Gasteiger partial charge in [0, 0.05) is 17.5 Å². The van der Waals surface area contributed by atoms with E-state index in [1.165, 1.54) is 0 Å². The predicted octanol–water partition coefficient (Wildman–Crippen LogP) is 3.13. The third-order valence-electron chi connectivity index (χ3n) is 4.26. The van der Waals surface area contributed by atoms with E-state index in [2.05, 4.69) is 4.98 Å². The zero-order valence-corrected chi connectivity index (χ0v) is 13.9. The van der Waals surface area contributed by atoms with Gasteiger partial charge in [-0.1, -0.05) is 29.3 Å². The lowest BCUT2D eigenvalue weighted by molar-refractivity contribution is 0.881. The topological polar surface area (TPSA) is 59.8 Å². The Bertz CT molecular complexity index is 1230. The van der Waals surface area contributed by atoms with Crippen molar-refractivity contribution in [2.24, 2.45) is 7.05 Å². The number of hydrogen-bond donors (Lipinski definition) is 1. The van der Waals surface area contributed by atoms with Gasteiger partial charge in [0.15, 0.2) is 0 Å². The van der Waals surface area contributed by atoms with Gasteiger partial charge in [0.2, 0.25) is 0 Å². The van der Waals surface area contributed by atoms with Crippen molar-refractivity contribution in [1.82, 2.24) is 14.1 Å². The van der Waals surface area contributed by atoms with E-state index in [1.807, 2.05) is 36.7 Å². The number of H-pyrrole nitrogens is 1. The lowest BCUT2D eigenvalue weighted by Gasteiger charge is -2.06. The maximum Gasteiger partial charge on any atom is 0.333 e. The lowest BCUT2D eigenvalue weighted by atomic mass is 10.1. The average molecular weight is 340 g/mol. The van der Waals surface area contributed by atoms with Crippen molar-refractivity contribution in [3.8, 4) is 5.69 Å². The Morgan fingerprint density at radius 2 is 1.88 bits per heavy atom. The Labute approximate surface area is 141 Å². The number of hydrogen-bond acceptors (Lipinski definition) is 2. The van der Waals surface area contributed by atoms with Gasteiger partial charge in [-0.15, -0.1) is 0 Å². The van der Waals surface area contributed by atoms with Crippen LogP contribution in [-0.4, -0.2) is 14.1 Å². The van der Waals surface area contributed by atoms with Crippen molar-refractivity contribution >= 4 is 33.5 Å². The number of rotatable bonds is 1. The first-order valence-corrected chi connectivity index (χ1v) is 7.85. The van der Waals surface area contributed by atoms with Crippen LogP contribution in [0.3, 0.4) is 0 Å². The molecule has 0 saturated heterocycles. The van der Waals surface area contributed by atoms with Gasteiger partial charge < -0.3 is 9.55 Å². The Kier molecular flexibility index (Phi) is 3.15. The minimum Gasteiger partial charge on any atom is -0.338 e. The summed E-state index contributed by atoms with van der Waals surface area (Å²) in [5.41, 5.74) is 2.56. The molecule has 0 radical (unpaired) electrons. The van der Waals surface area contributed by atoms with Crippen LogP contribution in [0.4, 0.5) is 0 Å². The SMILES string of the molecule is Cc1ccc2c(c1)c1[nH]c(=O)n(-c3cccc(Cl)c3)c(=O)c1n2C. The second-order valence-electron chi connectivity index (χ2n) is 5.85. The molecular weight excluding hydrogens is 326 g/mol. The highest BCUT2D eigenvalue weighted by atomic mass is 35.5. The van der Waals surface area contributed by atoms with E-state index < -0.39 is 5.69 Å². The van der Waals surface area contributed by atoms with E-state index >= 15 is 0 Å². The zero-order chi connectivity index (χ0) is 17.0. The number of aromatic nitrogens is 3. The van der Waals surface area contributed by atoms with E-state index in [0.29, 0.717) is 21.7 Å². The highest BCUT2D eigenvalue weighted by Crippen LogP contribution is 2.25. The number of nitrogens with zero attached hydrogens (tertiary/aromatic N) is 2. The Morgan fingerprint density at radius 3 is 2.62 bits per heavy atom. The molecule has 0 saturated carbocycles. The summed E-state index contributed by atoms with van der Waals surface area (Å²) in [7, 11) is 1.82. The first kappa shape index (κ1) is 14.8. The molecule has 0 atom stereocenters. The molecule has 4 aromatic rings. The van der Waals surface area contributed by atoms with E-state index in [1.54, 1.807) is 24.3 Å². The molecular formula is C18H14ClN3O2. The third-order valence-corrected chi connectivity index (χ3v) is 4.50. The van der Waals surface area contributed by atoms with Crippen LogP contribution in [-0.2, 0) is 7.05 Å². The maximum absolute atomic E-state index is 13.0. The van der Waals surface area contributed by atoms with Crippen LogP contribution in [0.5, 0.6) is 0 Å². The fourth-order valence-corrected chi connectivity index (χ4v) is 3.33. The molecule has 0 fully saturated rings. The largest absolute Gasteiger partial charge is 0.338 e. The monoisotopic (exact) mass is 339 g/mol. The molecule has 0 spiro atoms. The van der Waals surface area contributed by atoms with Crippen LogP contribution in [0.15, 0.2) is 52.1 Å². The summed E-state index contributed by atoms with van der Waals surface area (Å²) >= 11 is 6.00. The third kappa shape index (κ3) is 2.02. The molecule has 24 heavy (non-hydrogen) atoms. The second-order valence-corrected chi connectivity index (χ2v) is 6.29. The van der Waals surface area contributed by atoms with Crippen LogP contribution in [0, 0.1) is 6.92 Å². The second kappa shape index (κ2) is 5.11. The zero-order valence-electron chi connectivity index (χ0n) is 13.1. The van der Waals surface area contributed by atoms with Crippen molar-refractivity contribution in [3.05, 3.63) is 73.9 Å². The van der Waals surface area contributed by atoms with Gasteiger partial charge in [-0.05, 0) is 37.3 Å². The van der Waals surface area contributed by atoms with Gasteiger partial charge in [-0.3, -0.25) is 4.79 Å². The number of benzene rings is 2. The minimum absolute atomic E-state index is 0.368. The first-order chi connectivity index (χ1) is 11.5. The van der Waals surface area contributed by atoms with Crippen LogP contribution >= 0.6 is 11.6 Å². The molecule has 2 heterocycles. The molecule has 2 aromatic carbocycles. The summed E-state index contributed by atoms with van der Waals surface area (Å²) in [6.45, 7) is 1.98. The van der Waals surface area contributed by atoms with Crippen molar-refractivity contribution < 1.29 is 0 Å². The quantitative estimate of drug-likeness (QED) is 0.579. The van der Waals surface area contributed by atoms with Gasteiger partial charge in [-0.25, -0.2) is 9.36 Å². The molecule has 6 heteroatoms. The molecule has 5 nitrogen and oxygen atoms in total. The van der Waals surface area contributed by atoms with E-state index in [-0.39, 0.29) is 5.56 Å². The van der Waals surface area contributed by atoms with Crippen LogP contribution in [0.25, 0.3) is 27.6 Å². The van der Waals surface area contributed by atoms with E-state index in [0.717, 1.165) is 21.0 Å². The maximum atomic E-state index is 13.0. The molecule has 0 bridgehead atoms. The van der Waals surface area contributed by atoms with Gasteiger partial charge in [0.05, 0.1) is 16.7 Å². The van der Waals surface area contributed by atoms with E-state index in [9.17, 15) is 9.59 Å². The molecule has 0 unspecified atom stereocenters. The average Bonchev–Trinajstić information content (AvgIpc) is 2.80. The predicted molar refractivity (Wildman–Crippen MR) is 96.4 cm³/mol. The molecule has 2 aromatic heterocycles. The standard InChI is InChI=1S/C18H14ClN3O2/c1-10-6-7-14-13(8-10)15-16(21(14)2)17(23)22(18(24)20-15)12-5-3-4-11(19)9-12/h3-9H,1-2H3,(H,20,24). The summed E-state index contributed by atoms with van der Waals surface area (Å²) in [6.07, 6.45) is 0. The number of aryl methyl sites for hydroxylation is 2. The van der Waals surface area contributed by atoms with E-state index in [4.69, 9.17) is 11.6 Å². The summed E-state index contributed by atoms with van der Waals surface area (Å²) in [4.78, 5) is 28.4. The molecule has 0 aliphatic rings. The van der Waals surface area contributed by atoms with Crippen molar-refractivity contribution in [1.29, 1.82) is 0 Å². The van der Waals surface area contributed by atoms with Crippen LogP contribution in [0.2, 0.25) is 5.02 Å². The minimum atomic E-state index is -0.483. The molecule has 4 rings (SSSR count). The first-order valence-electron chi connectivity index (χ1n) is 7.47. The van der Waals surface area contributed by atoms with Crippen molar-refractivity contribution in [2.75, 3.05) is 0 Å². The van der Waals surface area contributed by atoms with Crippen molar-refractivity contribution in [3.63, 3.8) is 0 Å². The number of nitrogens with one attached hydrogen (secondary N) is 1. The lowest BCUT2D eigenvalue weighted by Crippen LogP contribution is -2.34. The number of aromatic amines is 1. The smallest absolute Gasteiger partial charge is 0.333 e. The Morgan fingerprint density at radius 1 is 1.08 bits per heavy atom. The molecule has 0 aliphatic carbocycles. The van der Waals surface area contributed by atoms with Gasteiger partial charge in [-0.2, -0.15) is 0 Å². The molecule has 120 valence electrons. The van der Waals surface area contributed by atoms with Crippen LogP contribution < -0.4 is 11.2 Å². The summed E-state index contributed by atoms with van der Waals surface area (Å²) in [5.74, 6) is 0. The number of fused-ring (bicyclic) bond motifs is 3. The molecule has 0 amide bonds. The fourth-order valence-electron chi connectivity index (χ4n) is 3.15. The summed E-state index contributed by atoms with van der Waals surface area (Å²) in [6, 6.07) is 12.6. The van der Waals surface area contributed by atoms with Crippen LogP contribution in [0.1, 0.15) is 5.56 Å². The van der Waals surface area contributed by atoms with Gasteiger partial charge in [0.25, 0.3) is 5.56 Å². The Balaban J connectivity index is 2.20. The summed E-state index contributed by atoms with van der Waals surface area (Å²) < 4.78 is 2.92. The highest BCUT2D eigenvalue weighted by molar-refractivity contribution is 6.30. The normalized spacial score (nSPS) is 11.5. The summed E-state index contributed by atoms with van der Waals surface area (Å²) in [5, 5.41) is 1.33. The highest BCUT2D eigenvalue weighted by Gasteiger charge is 2.16. The molecule has 1 N–H and O–H groups in total. The fraction of sp³-hybridized carbons (Fsp3) is 0.111. The van der Waals surface area contributed by atoms with Gasteiger partial charge >= 0.3 is 5.69 Å². The van der Waals surface area contributed by atoms with Crippen molar-refractivity contribution in [2.45, 2.75) is 6.92 Å². The number of halogens is 1. The van der Waals surface area contributed by atoms with Gasteiger partial charge in [0.1, 0.15) is 5.52 Å². The Hall–Kier alpha value is -2.79. The molecule has 0 aliphatic heterocycles.